The van der Waals surface area contributed by atoms with E-state index in [1.807, 2.05) is 31.3 Å². The zero-order valence-corrected chi connectivity index (χ0v) is 14.3. The molecule has 1 N–H and O–H groups in total. The molecule has 0 bridgehead atoms. The molecule has 1 fully saturated rings. The zero-order chi connectivity index (χ0) is 16.5. The fourth-order valence-corrected chi connectivity index (χ4v) is 2.74. The van der Waals surface area contributed by atoms with E-state index in [1.165, 1.54) is 16.7 Å². The van der Waals surface area contributed by atoms with Crippen molar-refractivity contribution >= 4 is 5.82 Å². The summed E-state index contributed by atoms with van der Waals surface area (Å²) in [5.41, 5.74) is 3.73. The lowest BCUT2D eigenvalue weighted by molar-refractivity contribution is 0.585. The first-order valence-electron chi connectivity index (χ1n) is 8.26. The summed E-state index contributed by atoms with van der Waals surface area (Å²) in [6, 6.07) is 4.33. The minimum Gasteiger partial charge on any atom is -0.354 e. The first-order chi connectivity index (χ1) is 11.2. The molecule has 0 atom stereocenters. The quantitative estimate of drug-likeness (QED) is 0.813. The molecule has 122 valence electrons. The third-order valence-electron chi connectivity index (χ3n) is 3.82. The second kappa shape index (κ2) is 9.11. The van der Waals surface area contributed by atoms with Gasteiger partial charge in [-0.25, -0.2) is 4.98 Å². The highest BCUT2D eigenvalue weighted by Crippen LogP contribution is 2.15. The molecule has 1 aliphatic rings. The van der Waals surface area contributed by atoms with Gasteiger partial charge in [-0.3, -0.25) is 0 Å². The molecular formula is C20H27N3. The SMILES string of the molecule is C=C/C=C(\C=C(\C)Cc1ccc(N2CCNCC2)nc1)/C=C/C. The van der Waals surface area contributed by atoms with Gasteiger partial charge < -0.3 is 10.2 Å². The topological polar surface area (TPSA) is 28.2 Å². The van der Waals surface area contributed by atoms with Crippen LogP contribution in [0.3, 0.4) is 0 Å². The molecule has 0 unspecified atom stereocenters. The normalized spacial score (nSPS) is 16.9. The molecule has 1 aromatic rings. The van der Waals surface area contributed by atoms with Gasteiger partial charge in [-0.2, -0.15) is 0 Å². The average molecular weight is 309 g/mol. The highest BCUT2D eigenvalue weighted by atomic mass is 15.2. The number of hydrogen-bond acceptors (Lipinski definition) is 3. The van der Waals surface area contributed by atoms with Gasteiger partial charge in [0.2, 0.25) is 0 Å². The Labute approximate surface area is 140 Å². The van der Waals surface area contributed by atoms with Crippen LogP contribution < -0.4 is 10.2 Å². The van der Waals surface area contributed by atoms with Crippen molar-refractivity contribution in [1.29, 1.82) is 0 Å². The van der Waals surface area contributed by atoms with Gasteiger partial charge in [-0.05, 0) is 37.5 Å². The van der Waals surface area contributed by atoms with Crippen molar-refractivity contribution in [1.82, 2.24) is 10.3 Å². The van der Waals surface area contributed by atoms with Gasteiger partial charge in [-0.1, -0.05) is 48.6 Å². The van der Waals surface area contributed by atoms with Crippen LogP contribution in [-0.4, -0.2) is 31.2 Å². The lowest BCUT2D eigenvalue weighted by atomic mass is 10.0. The highest BCUT2D eigenvalue weighted by molar-refractivity contribution is 5.41. The van der Waals surface area contributed by atoms with Crippen LogP contribution in [0.5, 0.6) is 0 Å². The van der Waals surface area contributed by atoms with E-state index in [-0.39, 0.29) is 0 Å². The fourth-order valence-electron chi connectivity index (χ4n) is 2.74. The summed E-state index contributed by atoms with van der Waals surface area (Å²) in [5, 5.41) is 3.37. The van der Waals surface area contributed by atoms with Gasteiger partial charge in [0.1, 0.15) is 5.82 Å². The van der Waals surface area contributed by atoms with Crippen molar-refractivity contribution in [3.8, 4) is 0 Å². The molecule has 0 radical (unpaired) electrons. The highest BCUT2D eigenvalue weighted by Gasteiger charge is 2.11. The number of aromatic nitrogens is 1. The second-order valence-corrected chi connectivity index (χ2v) is 5.83. The lowest BCUT2D eigenvalue weighted by Gasteiger charge is -2.28. The van der Waals surface area contributed by atoms with E-state index < -0.39 is 0 Å². The van der Waals surface area contributed by atoms with Crippen molar-refractivity contribution in [2.24, 2.45) is 0 Å². The van der Waals surface area contributed by atoms with Gasteiger partial charge in [0.15, 0.2) is 0 Å². The number of hydrogen-bond donors (Lipinski definition) is 1. The third-order valence-corrected chi connectivity index (χ3v) is 3.82. The first-order valence-corrected chi connectivity index (χ1v) is 8.26. The lowest BCUT2D eigenvalue weighted by Crippen LogP contribution is -2.43. The van der Waals surface area contributed by atoms with Crippen LogP contribution in [0.15, 0.2) is 66.4 Å². The van der Waals surface area contributed by atoms with Crippen molar-refractivity contribution in [2.45, 2.75) is 20.3 Å². The summed E-state index contributed by atoms with van der Waals surface area (Å²) in [4.78, 5) is 6.97. The Hall–Kier alpha value is -2.13. The van der Waals surface area contributed by atoms with Crippen LogP contribution >= 0.6 is 0 Å². The van der Waals surface area contributed by atoms with E-state index in [1.54, 1.807) is 0 Å². The van der Waals surface area contributed by atoms with Crippen molar-refractivity contribution in [3.63, 3.8) is 0 Å². The maximum absolute atomic E-state index is 4.63. The van der Waals surface area contributed by atoms with E-state index in [9.17, 15) is 0 Å². The van der Waals surface area contributed by atoms with Gasteiger partial charge in [-0.15, -0.1) is 0 Å². The van der Waals surface area contributed by atoms with Crippen LogP contribution in [0.1, 0.15) is 19.4 Å². The molecule has 1 aliphatic heterocycles. The summed E-state index contributed by atoms with van der Waals surface area (Å²) in [6.45, 7) is 12.1. The van der Waals surface area contributed by atoms with Crippen molar-refractivity contribution < 1.29 is 0 Å². The minimum absolute atomic E-state index is 0.918. The molecule has 0 aromatic carbocycles. The van der Waals surface area contributed by atoms with E-state index in [0.717, 1.165) is 38.4 Å². The van der Waals surface area contributed by atoms with Gasteiger partial charge in [0.05, 0.1) is 0 Å². The molecule has 1 aromatic heterocycles. The van der Waals surface area contributed by atoms with Gasteiger partial charge >= 0.3 is 0 Å². The monoisotopic (exact) mass is 309 g/mol. The van der Waals surface area contributed by atoms with Crippen molar-refractivity contribution in [2.75, 3.05) is 31.1 Å². The van der Waals surface area contributed by atoms with Gasteiger partial charge in [0, 0.05) is 32.4 Å². The zero-order valence-electron chi connectivity index (χ0n) is 14.3. The summed E-state index contributed by atoms with van der Waals surface area (Å²) >= 11 is 0. The number of anilines is 1. The molecule has 23 heavy (non-hydrogen) atoms. The van der Waals surface area contributed by atoms with Gasteiger partial charge in [0.25, 0.3) is 0 Å². The van der Waals surface area contributed by atoms with Crippen LogP contribution in [0.25, 0.3) is 0 Å². The maximum Gasteiger partial charge on any atom is 0.128 e. The Morgan fingerprint density at radius 1 is 1.35 bits per heavy atom. The van der Waals surface area contributed by atoms with Crippen molar-refractivity contribution in [3.05, 3.63) is 72.0 Å². The molecule has 0 aliphatic carbocycles. The largest absolute Gasteiger partial charge is 0.354 e. The Morgan fingerprint density at radius 2 is 2.13 bits per heavy atom. The Bertz CT molecular complexity index is 588. The molecule has 1 saturated heterocycles. The fraction of sp³-hybridized carbons (Fsp3) is 0.350. The molecule has 0 spiro atoms. The number of allylic oxidation sites excluding steroid dienone is 7. The average Bonchev–Trinajstić information content (AvgIpc) is 2.57. The number of nitrogens with zero attached hydrogens (tertiary/aromatic N) is 2. The molecule has 0 amide bonds. The van der Waals surface area contributed by atoms with Crippen LogP contribution in [0.2, 0.25) is 0 Å². The molecular weight excluding hydrogens is 282 g/mol. The van der Waals surface area contributed by atoms with Crippen LogP contribution in [0, 0.1) is 0 Å². The molecule has 3 heteroatoms. The minimum atomic E-state index is 0.918. The number of pyridine rings is 1. The summed E-state index contributed by atoms with van der Waals surface area (Å²) < 4.78 is 0. The Kier molecular flexibility index (Phi) is 6.82. The number of rotatable bonds is 6. The number of piperazine rings is 1. The first kappa shape index (κ1) is 17.2. The molecule has 2 heterocycles. The molecule has 2 rings (SSSR count). The number of nitrogens with one attached hydrogen (secondary N) is 1. The van der Waals surface area contributed by atoms with Crippen LogP contribution in [-0.2, 0) is 6.42 Å². The summed E-state index contributed by atoms with van der Waals surface area (Å²) in [7, 11) is 0. The molecule has 0 saturated carbocycles. The maximum atomic E-state index is 4.63. The summed E-state index contributed by atoms with van der Waals surface area (Å²) in [5.74, 6) is 1.08. The second-order valence-electron chi connectivity index (χ2n) is 5.83. The predicted octanol–water partition coefficient (Wildman–Crippen LogP) is 3.67. The predicted molar refractivity (Wildman–Crippen MR) is 99.9 cm³/mol. The van der Waals surface area contributed by atoms with Crippen LogP contribution in [0.4, 0.5) is 5.82 Å². The smallest absolute Gasteiger partial charge is 0.128 e. The Balaban J connectivity index is 2.02. The standard InChI is InChI=1S/C20H27N3/c1-4-6-18(7-5-2)14-17(3)15-19-8-9-20(22-16-19)23-12-10-21-11-13-23/h4-9,14,16,21H,1,10-13,15H2,2-3H3/b7-5+,17-14-,18-6-. The molecule has 3 nitrogen and oxygen atoms in total. The van der Waals surface area contributed by atoms with E-state index in [4.69, 9.17) is 0 Å². The third kappa shape index (κ3) is 5.53. The Morgan fingerprint density at radius 3 is 2.74 bits per heavy atom. The van der Waals surface area contributed by atoms with E-state index in [0.29, 0.717) is 0 Å². The van der Waals surface area contributed by atoms with E-state index in [2.05, 4.69) is 53.0 Å². The summed E-state index contributed by atoms with van der Waals surface area (Å²) in [6.07, 6.45) is 13.1. The van der Waals surface area contributed by atoms with E-state index >= 15 is 0 Å².